The number of hydrogen-bond donors (Lipinski definition) is 2. The van der Waals surface area contributed by atoms with Gasteiger partial charge >= 0.3 is 6.03 Å². The lowest BCUT2D eigenvalue weighted by Gasteiger charge is -2.09. The van der Waals surface area contributed by atoms with Gasteiger partial charge in [0.1, 0.15) is 5.75 Å². The smallest absolute Gasteiger partial charge is 0.325 e. The van der Waals surface area contributed by atoms with Gasteiger partial charge in [-0.2, -0.15) is 9.36 Å². The largest absolute Gasteiger partial charge is 0.495 e. The van der Waals surface area contributed by atoms with E-state index in [1.165, 1.54) is 11.8 Å². The van der Waals surface area contributed by atoms with Crippen molar-refractivity contribution >= 4 is 40.1 Å². The summed E-state index contributed by atoms with van der Waals surface area (Å²) in [6.45, 7) is 0.626. The van der Waals surface area contributed by atoms with Crippen LogP contribution in [-0.2, 0) is 4.74 Å². The van der Waals surface area contributed by atoms with Gasteiger partial charge in [-0.3, -0.25) is 5.32 Å². The summed E-state index contributed by atoms with van der Waals surface area (Å²) in [5, 5.41) is 6.41. The number of anilines is 2. The van der Waals surface area contributed by atoms with Crippen LogP contribution in [0.25, 0.3) is 0 Å². The Balaban J connectivity index is 1.89. The van der Waals surface area contributed by atoms with E-state index in [0.717, 1.165) is 17.3 Å². The number of methoxy groups -OCH3 is 2. The van der Waals surface area contributed by atoms with Crippen LogP contribution >= 0.6 is 23.3 Å². The molecule has 2 rings (SSSR count). The molecule has 7 nitrogen and oxygen atoms in total. The number of rotatable bonds is 7. The van der Waals surface area contributed by atoms with E-state index in [4.69, 9.17) is 9.47 Å². The molecule has 1 heterocycles. The molecule has 0 aliphatic carbocycles. The van der Waals surface area contributed by atoms with Crippen LogP contribution in [0.2, 0.25) is 0 Å². The molecule has 0 spiro atoms. The maximum absolute atomic E-state index is 12.0. The second kappa shape index (κ2) is 8.57. The molecule has 2 amide bonds. The fourth-order valence-corrected chi connectivity index (χ4v) is 2.97. The van der Waals surface area contributed by atoms with Crippen LogP contribution in [0.5, 0.6) is 5.75 Å². The molecule has 9 heteroatoms. The summed E-state index contributed by atoms with van der Waals surface area (Å²) in [5.41, 5.74) is 0.585. The van der Waals surface area contributed by atoms with E-state index in [1.54, 1.807) is 26.4 Å². The first kappa shape index (κ1) is 16.5. The lowest BCUT2D eigenvalue weighted by atomic mass is 10.3. The third-order valence-electron chi connectivity index (χ3n) is 2.50. The highest BCUT2D eigenvalue weighted by molar-refractivity contribution is 7.99. The average molecular weight is 340 g/mol. The molecule has 0 unspecified atom stereocenters. The van der Waals surface area contributed by atoms with Gasteiger partial charge in [-0.1, -0.05) is 23.9 Å². The Morgan fingerprint density at radius 3 is 2.91 bits per heavy atom. The second-order valence-corrected chi connectivity index (χ2v) is 5.82. The van der Waals surface area contributed by atoms with Gasteiger partial charge < -0.3 is 14.8 Å². The van der Waals surface area contributed by atoms with Gasteiger partial charge in [0.15, 0.2) is 0 Å². The minimum atomic E-state index is -0.394. The molecule has 22 heavy (non-hydrogen) atoms. The van der Waals surface area contributed by atoms with E-state index < -0.39 is 6.03 Å². The zero-order valence-electron chi connectivity index (χ0n) is 12.2. The Morgan fingerprint density at radius 1 is 1.32 bits per heavy atom. The van der Waals surface area contributed by atoms with Gasteiger partial charge in [0.25, 0.3) is 0 Å². The molecule has 1 aromatic carbocycles. The molecule has 0 saturated heterocycles. The fraction of sp³-hybridized carbons (Fsp3) is 0.308. The van der Waals surface area contributed by atoms with E-state index in [1.807, 2.05) is 12.1 Å². The third-order valence-corrected chi connectivity index (χ3v) is 4.06. The summed E-state index contributed by atoms with van der Waals surface area (Å²) in [5.74, 6) is 1.35. The van der Waals surface area contributed by atoms with Crippen molar-refractivity contribution in [2.24, 2.45) is 0 Å². The van der Waals surface area contributed by atoms with Crippen LogP contribution in [0, 0.1) is 0 Å². The number of ether oxygens (including phenoxy) is 2. The predicted molar refractivity (Wildman–Crippen MR) is 88.1 cm³/mol. The first-order valence-electron chi connectivity index (χ1n) is 6.39. The van der Waals surface area contributed by atoms with Gasteiger partial charge in [0.2, 0.25) is 10.3 Å². The van der Waals surface area contributed by atoms with Crippen LogP contribution in [0.15, 0.2) is 29.4 Å². The maximum atomic E-state index is 12.0. The zero-order chi connectivity index (χ0) is 15.8. The van der Waals surface area contributed by atoms with Crippen LogP contribution in [0.4, 0.5) is 15.6 Å². The van der Waals surface area contributed by atoms with E-state index in [9.17, 15) is 4.79 Å². The first-order valence-corrected chi connectivity index (χ1v) is 8.15. The summed E-state index contributed by atoms with van der Waals surface area (Å²) in [6, 6.07) is 6.77. The van der Waals surface area contributed by atoms with E-state index in [0.29, 0.717) is 28.3 Å². The van der Waals surface area contributed by atoms with E-state index >= 15 is 0 Å². The Hall–Kier alpha value is -1.84. The van der Waals surface area contributed by atoms with Crippen LogP contribution in [0.3, 0.4) is 0 Å². The van der Waals surface area contributed by atoms with Crippen molar-refractivity contribution < 1.29 is 14.3 Å². The molecule has 1 aromatic heterocycles. The lowest BCUT2D eigenvalue weighted by Crippen LogP contribution is -2.19. The summed E-state index contributed by atoms with van der Waals surface area (Å²) >= 11 is 2.60. The quantitative estimate of drug-likeness (QED) is 0.595. The molecule has 0 atom stereocenters. The highest BCUT2D eigenvalue weighted by Crippen LogP contribution is 2.24. The number of hydrogen-bond acceptors (Lipinski definition) is 7. The number of aromatic nitrogens is 2. The van der Waals surface area contributed by atoms with Crippen molar-refractivity contribution in [2.75, 3.05) is 37.2 Å². The molecule has 0 fully saturated rings. The third kappa shape index (κ3) is 4.86. The molecule has 2 N–H and O–H groups in total. The SMILES string of the molecule is COCCSc1nsc(NC(=O)Nc2ccccc2OC)n1. The van der Waals surface area contributed by atoms with Crippen LogP contribution < -0.4 is 15.4 Å². The van der Waals surface area contributed by atoms with E-state index in [2.05, 4.69) is 20.0 Å². The normalized spacial score (nSPS) is 10.3. The van der Waals surface area contributed by atoms with Crippen molar-refractivity contribution in [1.82, 2.24) is 9.36 Å². The number of carbonyl (C=O) groups is 1. The number of nitrogens with zero attached hydrogens (tertiary/aromatic N) is 2. The number of urea groups is 1. The standard InChI is InChI=1S/C13H16N4O3S2/c1-19-7-8-21-13-16-12(22-17-13)15-11(18)14-9-5-3-4-6-10(9)20-2/h3-6H,7-8H2,1-2H3,(H2,14,15,16,17,18). The molecular weight excluding hydrogens is 324 g/mol. The van der Waals surface area contributed by atoms with Crippen molar-refractivity contribution in [2.45, 2.75) is 5.16 Å². The van der Waals surface area contributed by atoms with Gasteiger partial charge in [-0.05, 0) is 12.1 Å². The van der Waals surface area contributed by atoms with Crippen molar-refractivity contribution in [3.05, 3.63) is 24.3 Å². The average Bonchev–Trinajstić information content (AvgIpc) is 2.95. The zero-order valence-corrected chi connectivity index (χ0v) is 13.8. The fourth-order valence-electron chi connectivity index (χ4n) is 1.53. The highest BCUT2D eigenvalue weighted by atomic mass is 32.2. The van der Waals surface area contributed by atoms with Crippen molar-refractivity contribution in [3.63, 3.8) is 0 Å². The van der Waals surface area contributed by atoms with Gasteiger partial charge in [-0.15, -0.1) is 0 Å². The first-order chi connectivity index (χ1) is 10.7. The van der Waals surface area contributed by atoms with Gasteiger partial charge in [0.05, 0.1) is 19.4 Å². The molecule has 118 valence electrons. The molecule has 0 aliphatic heterocycles. The minimum Gasteiger partial charge on any atom is -0.495 e. The molecule has 0 saturated carbocycles. The predicted octanol–water partition coefficient (Wildman–Crippen LogP) is 2.93. The Kier molecular flexibility index (Phi) is 6.44. The minimum absolute atomic E-state index is 0.394. The number of para-hydroxylation sites is 2. The number of carbonyl (C=O) groups excluding carboxylic acids is 1. The summed E-state index contributed by atoms with van der Waals surface area (Å²) in [6.07, 6.45) is 0. The number of nitrogens with one attached hydrogen (secondary N) is 2. The second-order valence-electron chi connectivity index (χ2n) is 4.00. The maximum Gasteiger partial charge on any atom is 0.325 e. The molecule has 0 radical (unpaired) electrons. The summed E-state index contributed by atoms with van der Waals surface area (Å²) in [4.78, 5) is 16.2. The number of thioether (sulfide) groups is 1. The summed E-state index contributed by atoms with van der Waals surface area (Å²) < 4.78 is 14.3. The molecular formula is C13H16N4O3S2. The lowest BCUT2D eigenvalue weighted by molar-refractivity contribution is 0.218. The molecule has 0 aliphatic rings. The molecule has 0 bridgehead atoms. The molecule has 2 aromatic rings. The Morgan fingerprint density at radius 2 is 2.14 bits per heavy atom. The van der Waals surface area contributed by atoms with Crippen LogP contribution in [-0.4, -0.2) is 42.0 Å². The Labute approximate surface area is 136 Å². The van der Waals surface area contributed by atoms with Crippen molar-refractivity contribution in [1.29, 1.82) is 0 Å². The van der Waals surface area contributed by atoms with E-state index in [-0.39, 0.29) is 0 Å². The highest BCUT2D eigenvalue weighted by Gasteiger charge is 2.10. The van der Waals surface area contributed by atoms with Crippen molar-refractivity contribution in [3.8, 4) is 5.75 Å². The van der Waals surface area contributed by atoms with Crippen LogP contribution in [0.1, 0.15) is 0 Å². The topological polar surface area (TPSA) is 85.4 Å². The number of benzene rings is 1. The van der Waals surface area contributed by atoms with Gasteiger partial charge in [-0.25, -0.2) is 4.79 Å². The monoisotopic (exact) mass is 340 g/mol. The summed E-state index contributed by atoms with van der Waals surface area (Å²) in [7, 11) is 3.19. The van der Waals surface area contributed by atoms with Gasteiger partial charge in [0, 0.05) is 24.4 Å². The Bertz CT molecular complexity index is 621. The number of amides is 2.